The highest BCUT2D eigenvalue weighted by Gasteiger charge is 2.40. The molecule has 0 radical (unpaired) electrons. The van der Waals surface area contributed by atoms with Crippen molar-refractivity contribution in [2.45, 2.75) is 25.6 Å². The number of fused-ring (bicyclic) bond motifs is 2. The van der Waals surface area contributed by atoms with Crippen LogP contribution in [0.5, 0.6) is 11.5 Å². The third-order valence-electron chi connectivity index (χ3n) is 4.71. The number of nitrogens with one attached hydrogen (secondary N) is 1. The van der Waals surface area contributed by atoms with Gasteiger partial charge in [0.15, 0.2) is 11.5 Å². The first-order valence-corrected chi connectivity index (χ1v) is 8.79. The zero-order valence-corrected chi connectivity index (χ0v) is 15.3. The lowest BCUT2D eigenvalue weighted by atomic mass is 10.1. The monoisotopic (exact) mass is 384 g/mol. The zero-order chi connectivity index (χ0) is 19.7. The van der Waals surface area contributed by atoms with E-state index < -0.39 is 11.9 Å². The van der Waals surface area contributed by atoms with Crippen LogP contribution in [0.15, 0.2) is 35.8 Å². The number of guanidine groups is 1. The fraction of sp³-hybridized carbons (Fsp3) is 0.333. The van der Waals surface area contributed by atoms with Gasteiger partial charge in [-0.15, -0.1) is 0 Å². The average Bonchev–Trinajstić information content (AvgIpc) is 3.28. The van der Waals surface area contributed by atoms with Crippen LogP contribution in [0.1, 0.15) is 12.0 Å². The Morgan fingerprint density at radius 2 is 2.29 bits per heavy atom. The van der Waals surface area contributed by atoms with Gasteiger partial charge in [0, 0.05) is 18.0 Å². The number of ether oxygens (including phenoxy) is 2. The number of carbonyl (C=O) groups is 2. The van der Waals surface area contributed by atoms with Gasteiger partial charge in [-0.25, -0.2) is 9.98 Å². The van der Waals surface area contributed by atoms with E-state index in [0.29, 0.717) is 42.8 Å². The molecule has 146 valence electrons. The molecule has 1 fully saturated rings. The van der Waals surface area contributed by atoms with Gasteiger partial charge in [-0.1, -0.05) is 0 Å². The lowest BCUT2D eigenvalue weighted by molar-refractivity contribution is -0.126. The number of primary amides is 1. The van der Waals surface area contributed by atoms with Crippen LogP contribution in [-0.2, 0) is 22.7 Å². The van der Waals surface area contributed by atoms with E-state index in [2.05, 4.69) is 15.3 Å². The third-order valence-corrected chi connectivity index (χ3v) is 4.71. The third kappa shape index (κ3) is 3.24. The Labute approximate surface area is 160 Å². The average molecular weight is 384 g/mol. The van der Waals surface area contributed by atoms with Crippen LogP contribution < -0.4 is 20.5 Å². The maximum absolute atomic E-state index is 12.2. The zero-order valence-electron chi connectivity index (χ0n) is 15.3. The molecule has 10 nitrogen and oxygen atoms in total. The summed E-state index contributed by atoms with van der Waals surface area (Å²) in [4.78, 5) is 33.8. The summed E-state index contributed by atoms with van der Waals surface area (Å²) in [6, 6.07) is 2.94. The highest BCUT2D eigenvalue weighted by atomic mass is 16.5. The number of carbonyl (C=O) groups excluding carboxylic acids is 2. The molecule has 10 heteroatoms. The van der Waals surface area contributed by atoms with E-state index in [1.54, 1.807) is 30.6 Å². The van der Waals surface area contributed by atoms with Gasteiger partial charge in [-0.05, 0) is 12.1 Å². The number of methoxy groups -OCH3 is 1. The molecule has 4 rings (SSSR count). The van der Waals surface area contributed by atoms with Gasteiger partial charge in [-0.2, -0.15) is 0 Å². The van der Waals surface area contributed by atoms with E-state index >= 15 is 0 Å². The van der Waals surface area contributed by atoms with Crippen LogP contribution in [-0.4, -0.2) is 52.0 Å². The van der Waals surface area contributed by atoms with Crippen molar-refractivity contribution in [3.05, 3.63) is 36.4 Å². The van der Waals surface area contributed by atoms with Crippen molar-refractivity contribution in [1.82, 2.24) is 19.8 Å². The van der Waals surface area contributed by atoms with E-state index in [9.17, 15) is 9.59 Å². The standard InChI is InChI=1S/C18H20N6O4/c1-27-16-11-9-24-13(8-15(19)25)17(26)22-18(24)21-12(11)2-3-14(16)28-7-6-23-5-4-20-10-23/h2-5,10,13H,6-9H2,1H3,(H2,19,25)(H,21,22,26). The number of aliphatic imine (C=N–C) groups is 1. The molecule has 0 aliphatic carbocycles. The van der Waals surface area contributed by atoms with Crippen LogP contribution in [0, 0.1) is 0 Å². The number of nitrogens with two attached hydrogens (primary N) is 1. The molecule has 28 heavy (non-hydrogen) atoms. The Balaban J connectivity index is 1.57. The molecule has 3 heterocycles. The first kappa shape index (κ1) is 17.8. The van der Waals surface area contributed by atoms with E-state index in [1.807, 2.05) is 16.8 Å². The molecule has 1 aromatic carbocycles. The van der Waals surface area contributed by atoms with Crippen LogP contribution in [0.25, 0.3) is 0 Å². The first-order valence-electron chi connectivity index (χ1n) is 8.79. The van der Waals surface area contributed by atoms with Crippen molar-refractivity contribution in [2.24, 2.45) is 10.7 Å². The second-order valence-corrected chi connectivity index (χ2v) is 6.48. The van der Waals surface area contributed by atoms with E-state index in [1.165, 1.54) is 0 Å². The highest BCUT2D eigenvalue weighted by molar-refractivity contribution is 6.09. The second kappa shape index (κ2) is 7.22. The fourth-order valence-corrected chi connectivity index (χ4v) is 3.38. The van der Waals surface area contributed by atoms with Crippen molar-refractivity contribution < 1.29 is 19.1 Å². The molecule has 3 N–H and O–H groups in total. The van der Waals surface area contributed by atoms with Crippen LogP contribution in [0.2, 0.25) is 0 Å². The van der Waals surface area contributed by atoms with Gasteiger partial charge in [0.2, 0.25) is 17.8 Å². The van der Waals surface area contributed by atoms with Gasteiger partial charge < -0.3 is 24.7 Å². The number of imidazole rings is 1. The van der Waals surface area contributed by atoms with Gasteiger partial charge in [0.05, 0.1) is 38.6 Å². The molecule has 2 aliphatic heterocycles. The normalized spacial score (nSPS) is 17.5. The molecule has 1 saturated heterocycles. The summed E-state index contributed by atoms with van der Waals surface area (Å²) in [5.41, 5.74) is 6.76. The van der Waals surface area contributed by atoms with Crippen LogP contribution in [0.3, 0.4) is 0 Å². The number of amides is 2. The highest BCUT2D eigenvalue weighted by Crippen LogP contribution is 2.41. The minimum Gasteiger partial charge on any atom is -0.492 e. The lowest BCUT2D eigenvalue weighted by Gasteiger charge is -2.29. The molecule has 1 atom stereocenters. The van der Waals surface area contributed by atoms with E-state index in [0.717, 1.165) is 5.56 Å². The first-order chi connectivity index (χ1) is 13.6. The number of hydrogen-bond donors (Lipinski definition) is 2. The number of aromatic nitrogens is 2. The minimum absolute atomic E-state index is 0.0798. The predicted octanol–water partition coefficient (Wildman–Crippen LogP) is 0.148. The van der Waals surface area contributed by atoms with Gasteiger partial charge in [-0.3, -0.25) is 14.9 Å². The van der Waals surface area contributed by atoms with Crippen molar-refractivity contribution in [3.63, 3.8) is 0 Å². The van der Waals surface area contributed by atoms with Crippen LogP contribution >= 0.6 is 0 Å². The van der Waals surface area contributed by atoms with E-state index in [-0.39, 0.29) is 12.3 Å². The number of nitrogens with zero attached hydrogens (tertiary/aromatic N) is 4. The van der Waals surface area contributed by atoms with Crippen molar-refractivity contribution in [1.29, 1.82) is 0 Å². The molecule has 1 unspecified atom stereocenters. The molecule has 1 aromatic heterocycles. The predicted molar refractivity (Wildman–Crippen MR) is 99.1 cm³/mol. The number of hydrogen-bond acceptors (Lipinski definition) is 7. The van der Waals surface area contributed by atoms with Crippen molar-refractivity contribution in [2.75, 3.05) is 13.7 Å². The largest absolute Gasteiger partial charge is 0.492 e. The summed E-state index contributed by atoms with van der Waals surface area (Å²) >= 11 is 0. The van der Waals surface area contributed by atoms with Gasteiger partial charge in [0.25, 0.3) is 0 Å². The Bertz CT molecular complexity index is 940. The number of rotatable bonds is 7. The Morgan fingerprint density at radius 1 is 1.43 bits per heavy atom. The fourth-order valence-electron chi connectivity index (χ4n) is 3.38. The van der Waals surface area contributed by atoms with Gasteiger partial charge >= 0.3 is 0 Å². The van der Waals surface area contributed by atoms with Gasteiger partial charge in [0.1, 0.15) is 12.6 Å². The molecular weight excluding hydrogens is 364 g/mol. The Hall–Kier alpha value is -3.56. The Kier molecular flexibility index (Phi) is 4.60. The molecule has 0 bridgehead atoms. The molecular formula is C18H20N6O4. The summed E-state index contributed by atoms with van der Waals surface area (Å²) in [5, 5.41) is 2.70. The second-order valence-electron chi connectivity index (χ2n) is 6.48. The summed E-state index contributed by atoms with van der Waals surface area (Å²) < 4.78 is 13.4. The lowest BCUT2D eigenvalue weighted by Crippen LogP contribution is -2.39. The molecule has 2 amide bonds. The molecule has 0 saturated carbocycles. The minimum atomic E-state index is -0.681. The van der Waals surface area contributed by atoms with Crippen molar-refractivity contribution >= 4 is 23.5 Å². The summed E-state index contributed by atoms with van der Waals surface area (Å²) in [6.07, 6.45) is 5.21. The maximum Gasteiger partial charge on any atom is 0.250 e. The van der Waals surface area contributed by atoms with E-state index in [4.69, 9.17) is 15.2 Å². The molecule has 2 aliphatic rings. The summed E-state index contributed by atoms with van der Waals surface area (Å²) in [5.74, 6) is 0.726. The SMILES string of the molecule is COc1c(OCCn2ccnc2)ccc2c1CN1C(=N2)NC(=O)C1CC(N)=O. The van der Waals surface area contributed by atoms with Crippen LogP contribution in [0.4, 0.5) is 5.69 Å². The smallest absolute Gasteiger partial charge is 0.250 e. The number of benzene rings is 1. The summed E-state index contributed by atoms with van der Waals surface area (Å²) in [7, 11) is 1.56. The maximum atomic E-state index is 12.2. The molecule has 2 aromatic rings. The topological polar surface area (TPSA) is 124 Å². The molecule has 0 spiro atoms. The summed E-state index contributed by atoms with van der Waals surface area (Å²) in [6.45, 7) is 1.44. The Morgan fingerprint density at radius 3 is 3.00 bits per heavy atom. The van der Waals surface area contributed by atoms with Crippen molar-refractivity contribution in [3.8, 4) is 11.5 Å². The quantitative estimate of drug-likeness (QED) is 0.700.